The Bertz CT molecular complexity index is 717. The first kappa shape index (κ1) is 17.9. The molecule has 7 heteroatoms. The number of ether oxygens (including phenoxy) is 1. The molecule has 0 bridgehead atoms. The summed E-state index contributed by atoms with van der Waals surface area (Å²) in [6, 6.07) is 8.66. The maximum atomic E-state index is 12.2. The maximum absolute atomic E-state index is 12.2. The second kappa shape index (κ2) is 8.41. The van der Waals surface area contributed by atoms with Gasteiger partial charge in [-0.05, 0) is 44.0 Å². The third-order valence-corrected chi connectivity index (χ3v) is 4.67. The number of nitrogens with one attached hydrogen (secondary N) is 1. The molecular weight excluding hydrogens is 324 g/mol. The highest BCUT2D eigenvalue weighted by molar-refractivity contribution is 7.15. The summed E-state index contributed by atoms with van der Waals surface area (Å²) in [7, 11) is 0. The second-order valence-electron chi connectivity index (χ2n) is 5.34. The second-order valence-corrected chi connectivity index (χ2v) is 6.35. The molecule has 24 heavy (non-hydrogen) atoms. The molecule has 1 N–H and O–H groups in total. The normalized spacial score (nSPS) is 11.8. The van der Waals surface area contributed by atoms with E-state index < -0.39 is 6.10 Å². The molecule has 0 aliphatic heterocycles. The van der Waals surface area contributed by atoms with E-state index in [-0.39, 0.29) is 5.91 Å². The molecular formula is C17H20N4O2S. The third kappa shape index (κ3) is 4.52. The predicted molar refractivity (Wildman–Crippen MR) is 93.1 cm³/mol. The van der Waals surface area contributed by atoms with Crippen molar-refractivity contribution in [2.75, 3.05) is 5.32 Å². The molecule has 2 aromatic rings. The van der Waals surface area contributed by atoms with E-state index in [1.54, 1.807) is 31.2 Å². The van der Waals surface area contributed by atoms with Gasteiger partial charge in [0.15, 0.2) is 6.10 Å². The number of hydrogen-bond donors (Lipinski definition) is 1. The zero-order valence-electron chi connectivity index (χ0n) is 13.9. The summed E-state index contributed by atoms with van der Waals surface area (Å²) in [6.45, 7) is 5.89. The van der Waals surface area contributed by atoms with E-state index in [0.717, 1.165) is 17.8 Å². The summed E-state index contributed by atoms with van der Waals surface area (Å²) >= 11 is 1.40. The number of aromatic nitrogens is 2. The molecule has 0 radical (unpaired) electrons. The summed E-state index contributed by atoms with van der Waals surface area (Å²) in [5.41, 5.74) is 0.544. The van der Waals surface area contributed by atoms with Gasteiger partial charge in [-0.2, -0.15) is 5.26 Å². The van der Waals surface area contributed by atoms with E-state index in [4.69, 9.17) is 10.00 Å². The highest BCUT2D eigenvalue weighted by Gasteiger charge is 2.18. The van der Waals surface area contributed by atoms with Gasteiger partial charge in [-0.25, -0.2) is 0 Å². The standard InChI is InChI=1S/C17H20N4O2S/c1-4-13(5-2)16-20-21-17(24-16)19-15(22)11(3)23-14-8-6-12(10-18)7-9-14/h6-9,11,13H,4-5H2,1-3H3,(H,19,21,22). The van der Waals surface area contributed by atoms with Crippen molar-refractivity contribution >= 4 is 22.4 Å². The van der Waals surface area contributed by atoms with Crippen molar-refractivity contribution in [1.82, 2.24) is 10.2 Å². The Morgan fingerprint density at radius 3 is 2.54 bits per heavy atom. The SMILES string of the molecule is CCC(CC)c1nnc(NC(=O)C(C)Oc2ccc(C#N)cc2)s1. The number of carbonyl (C=O) groups excluding carboxylic acids is 1. The number of nitrogens with zero attached hydrogens (tertiary/aromatic N) is 3. The molecule has 1 unspecified atom stereocenters. The molecule has 0 aliphatic rings. The van der Waals surface area contributed by atoms with Crippen molar-refractivity contribution in [1.29, 1.82) is 5.26 Å². The summed E-state index contributed by atoms with van der Waals surface area (Å²) in [6.07, 6.45) is 1.31. The highest BCUT2D eigenvalue weighted by Crippen LogP contribution is 2.28. The minimum absolute atomic E-state index is 0.286. The van der Waals surface area contributed by atoms with Crippen molar-refractivity contribution in [3.63, 3.8) is 0 Å². The molecule has 1 heterocycles. The average Bonchev–Trinajstić information content (AvgIpc) is 3.05. The lowest BCUT2D eigenvalue weighted by Crippen LogP contribution is -2.30. The zero-order valence-corrected chi connectivity index (χ0v) is 14.8. The lowest BCUT2D eigenvalue weighted by Gasteiger charge is -2.13. The monoisotopic (exact) mass is 344 g/mol. The third-order valence-electron chi connectivity index (χ3n) is 3.67. The maximum Gasteiger partial charge on any atom is 0.266 e. The lowest BCUT2D eigenvalue weighted by molar-refractivity contribution is -0.122. The number of carbonyl (C=O) groups is 1. The summed E-state index contributed by atoms with van der Waals surface area (Å²) in [5.74, 6) is 0.624. The van der Waals surface area contributed by atoms with Gasteiger partial charge in [0.2, 0.25) is 5.13 Å². The molecule has 1 amide bonds. The first-order chi connectivity index (χ1) is 11.6. The number of nitriles is 1. The van der Waals surface area contributed by atoms with E-state index in [9.17, 15) is 4.79 Å². The summed E-state index contributed by atoms with van der Waals surface area (Å²) in [4.78, 5) is 12.2. The fourth-order valence-corrected chi connectivity index (χ4v) is 3.17. The summed E-state index contributed by atoms with van der Waals surface area (Å²) < 4.78 is 5.58. The Morgan fingerprint density at radius 1 is 1.29 bits per heavy atom. The first-order valence-corrected chi connectivity index (χ1v) is 8.70. The van der Waals surface area contributed by atoms with Crippen molar-refractivity contribution in [3.05, 3.63) is 34.8 Å². The van der Waals surface area contributed by atoms with Crippen LogP contribution in [0.5, 0.6) is 5.75 Å². The van der Waals surface area contributed by atoms with Crippen LogP contribution in [0.15, 0.2) is 24.3 Å². The van der Waals surface area contributed by atoms with E-state index in [2.05, 4.69) is 29.4 Å². The molecule has 6 nitrogen and oxygen atoms in total. The molecule has 0 saturated heterocycles. The Labute approximate surface area is 145 Å². The van der Waals surface area contributed by atoms with Gasteiger partial charge in [0.1, 0.15) is 10.8 Å². The van der Waals surface area contributed by atoms with Crippen LogP contribution in [0.2, 0.25) is 0 Å². The van der Waals surface area contributed by atoms with Gasteiger partial charge in [-0.15, -0.1) is 10.2 Å². The Hall–Kier alpha value is -2.46. The van der Waals surface area contributed by atoms with Crippen LogP contribution in [0.4, 0.5) is 5.13 Å². The van der Waals surface area contributed by atoms with Crippen LogP contribution in [0.1, 0.15) is 50.1 Å². The van der Waals surface area contributed by atoms with Crippen molar-refractivity contribution < 1.29 is 9.53 Å². The average molecular weight is 344 g/mol. The molecule has 0 spiro atoms. The lowest BCUT2D eigenvalue weighted by atomic mass is 10.1. The van der Waals surface area contributed by atoms with Crippen LogP contribution >= 0.6 is 11.3 Å². The van der Waals surface area contributed by atoms with Gasteiger partial charge in [-0.1, -0.05) is 25.2 Å². The van der Waals surface area contributed by atoms with E-state index in [1.165, 1.54) is 11.3 Å². The van der Waals surface area contributed by atoms with Gasteiger partial charge in [-0.3, -0.25) is 10.1 Å². The van der Waals surface area contributed by atoms with Gasteiger partial charge >= 0.3 is 0 Å². The van der Waals surface area contributed by atoms with Crippen LogP contribution < -0.4 is 10.1 Å². The van der Waals surface area contributed by atoms with Crippen LogP contribution in [-0.2, 0) is 4.79 Å². The van der Waals surface area contributed by atoms with Crippen molar-refractivity contribution in [3.8, 4) is 11.8 Å². The van der Waals surface area contributed by atoms with Crippen LogP contribution in [0.3, 0.4) is 0 Å². The molecule has 1 atom stereocenters. The first-order valence-electron chi connectivity index (χ1n) is 7.88. The minimum atomic E-state index is -0.682. The molecule has 1 aromatic carbocycles. The fraction of sp³-hybridized carbons (Fsp3) is 0.412. The number of benzene rings is 1. The van der Waals surface area contributed by atoms with Crippen LogP contribution in [-0.4, -0.2) is 22.2 Å². The molecule has 0 saturated carbocycles. The number of rotatable bonds is 7. The van der Waals surface area contributed by atoms with Gasteiger partial charge < -0.3 is 4.74 Å². The van der Waals surface area contributed by atoms with Crippen LogP contribution in [0, 0.1) is 11.3 Å². The molecule has 0 fully saturated rings. The fourth-order valence-electron chi connectivity index (χ4n) is 2.16. The van der Waals surface area contributed by atoms with Gasteiger partial charge in [0.25, 0.3) is 5.91 Å². The van der Waals surface area contributed by atoms with Crippen molar-refractivity contribution in [2.24, 2.45) is 0 Å². The number of anilines is 1. The van der Waals surface area contributed by atoms with Crippen LogP contribution in [0.25, 0.3) is 0 Å². The Morgan fingerprint density at radius 2 is 1.96 bits per heavy atom. The molecule has 126 valence electrons. The molecule has 1 aromatic heterocycles. The van der Waals surface area contributed by atoms with E-state index in [1.807, 2.05) is 6.07 Å². The number of amides is 1. The van der Waals surface area contributed by atoms with Gasteiger partial charge in [0.05, 0.1) is 11.6 Å². The molecule has 2 rings (SSSR count). The predicted octanol–water partition coefficient (Wildman–Crippen LogP) is 3.72. The summed E-state index contributed by atoms with van der Waals surface area (Å²) in [5, 5.41) is 21.1. The Balaban J connectivity index is 1.95. The topological polar surface area (TPSA) is 87.9 Å². The smallest absolute Gasteiger partial charge is 0.266 e. The quantitative estimate of drug-likeness (QED) is 0.827. The van der Waals surface area contributed by atoms with E-state index >= 15 is 0 Å². The Kier molecular flexibility index (Phi) is 6.27. The highest BCUT2D eigenvalue weighted by atomic mass is 32.1. The van der Waals surface area contributed by atoms with Crippen molar-refractivity contribution in [2.45, 2.75) is 45.6 Å². The minimum Gasteiger partial charge on any atom is -0.481 e. The number of hydrogen-bond acceptors (Lipinski definition) is 6. The van der Waals surface area contributed by atoms with Gasteiger partial charge in [0, 0.05) is 5.92 Å². The largest absolute Gasteiger partial charge is 0.481 e. The zero-order chi connectivity index (χ0) is 17.5. The van der Waals surface area contributed by atoms with E-state index in [0.29, 0.717) is 22.4 Å². The molecule has 0 aliphatic carbocycles.